The molecule has 1 aliphatic rings. The third-order valence-corrected chi connectivity index (χ3v) is 4.22. The van der Waals surface area contributed by atoms with E-state index in [4.69, 9.17) is 19.9 Å². The summed E-state index contributed by atoms with van der Waals surface area (Å²) in [6, 6.07) is 7.51. The fraction of sp³-hybridized carbons (Fsp3) is 0.400. The second-order valence-electron chi connectivity index (χ2n) is 6.21. The normalized spacial score (nSPS) is 16.7. The maximum atomic E-state index is 12.6. The van der Waals surface area contributed by atoms with Crippen LogP contribution in [-0.2, 0) is 23.8 Å². The molecule has 0 saturated heterocycles. The highest BCUT2D eigenvalue weighted by Crippen LogP contribution is 2.40. The molecule has 1 atom stereocenters. The lowest BCUT2D eigenvalue weighted by atomic mass is 9.82. The number of rotatable bonds is 6. The lowest BCUT2D eigenvalue weighted by molar-refractivity contribution is -0.140. The molecule has 1 aromatic carbocycles. The SMILES string of the molecule is CCOC(=O)C1=C(C)OC(N)=C(C(=O)OCC)C1c1ccc(N(C)C)cc1. The molecule has 7 nitrogen and oxygen atoms in total. The second kappa shape index (κ2) is 8.62. The monoisotopic (exact) mass is 374 g/mol. The van der Waals surface area contributed by atoms with E-state index in [0.29, 0.717) is 5.76 Å². The average Bonchev–Trinajstić information content (AvgIpc) is 2.61. The van der Waals surface area contributed by atoms with Gasteiger partial charge in [-0.3, -0.25) is 0 Å². The molecular weight excluding hydrogens is 348 g/mol. The van der Waals surface area contributed by atoms with Crippen molar-refractivity contribution in [3.63, 3.8) is 0 Å². The van der Waals surface area contributed by atoms with Crippen LogP contribution in [0, 0.1) is 0 Å². The first-order valence-corrected chi connectivity index (χ1v) is 8.81. The van der Waals surface area contributed by atoms with Crippen LogP contribution in [0.5, 0.6) is 0 Å². The van der Waals surface area contributed by atoms with Gasteiger partial charge in [-0.05, 0) is 38.5 Å². The average molecular weight is 374 g/mol. The number of hydrogen-bond acceptors (Lipinski definition) is 7. The van der Waals surface area contributed by atoms with Crippen LogP contribution in [0.4, 0.5) is 5.69 Å². The van der Waals surface area contributed by atoms with Crippen molar-refractivity contribution in [1.82, 2.24) is 0 Å². The van der Waals surface area contributed by atoms with Crippen LogP contribution in [0.1, 0.15) is 32.3 Å². The second-order valence-corrected chi connectivity index (χ2v) is 6.21. The molecule has 0 spiro atoms. The predicted molar refractivity (Wildman–Crippen MR) is 102 cm³/mol. The zero-order chi connectivity index (χ0) is 20.1. The Balaban J connectivity index is 2.60. The van der Waals surface area contributed by atoms with Crippen molar-refractivity contribution in [1.29, 1.82) is 0 Å². The largest absolute Gasteiger partial charge is 0.463 e. The number of nitrogens with two attached hydrogens (primary N) is 1. The van der Waals surface area contributed by atoms with Gasteiger partial charge in [-0.2, -0.15) is 0 Å². The summed E-state index contributed by atoms with van der Waals surface area (Å²) in [5.41, 5.74) is 8.05. The molecule has 0 bridgehead atoms. The molecule has 0 saturated carbocycles. The molecule has 2 rings (SSSR count). The van der Waals surface area contributed by atoms with E-state index >= 15 is 0 Å². The number of nitrogens with zero attached hydrogens (tertiary/aromatic N) is 1. The number of hydrogen-bond donors (Lipinski definition) is 1. The summed E-state index contributed by atoms with van der Waals surface area (Å²) >= 11 is 0. The van der Waals surface area contributed by atoms with Gasteiger partial charge in [0.1, 0.15) is 11.3 Å². The van der Waals surface area contributed by atoms with Gasteiger partial charge in [-0.1, -0.05) is 12.1 Å². The quantitative estimate of drug-likeness (QED) is 0.765. The maximum absolute atomic E-state index is 12.6. The molecule has 2 N–H and O–H groups in total. The predicted octanol–water partition coefficient (Wildman–Crippen LogP) is 2.44. The summed E-state index contributed by atoms with van der Waals surface area (Å²) in [6.45, 7) is 5.43. The lowest BCUT2D eigenvalue weighted by Crippen LogP contribution is -2.30. The number of carbonyl (C=O) groups is 2. The molecule has 146 valence electrons. The van der Waals surface area contributed by atoms with E-state index in [1.54, 1.807) is 20.8 Å². The fourth-order valence-electron chi connectivity index (χ4n) is 2.96. The number of benzene rings is 1. The van der Waals surface area contributed by atoms with Crippen molar-refractivity contribution in [3.8, 4) is 0 Å². The number of esters is 2. The zero-order valence-electron chi connectivity index (χ0n) is 16.4. The Bertz CT molecular complexity index is 738. The van der Waals surface area contributed by atoms with Gasteiger partial charge in [0.2, 0.25) is 5.88 Å². The van der Waals surface area contributed by atoms with Crippen LogP contribution >= 0.6 is 0 Å². The Morgan fingerprint density at radius 3 is 2.04 bits per heavy atom. The van der Waals surface area contributed by atoms with Crippen molar-refractivity contribution in [2.24, 2.45) is 5.73 Å². The molecule has 0 aromatic heterocycles. The molecule has 1 heterocycles. The van der Waals surface area contributed by atoms with Crippen molar-refractivity contribution < 1.29 is 23.8 Å². The van der Waals surface area contributed by atoms with E-state index in [1.807, 2.05) is 43.3 Å². The molecule has 1 unspecified atom stereocenters. The summed E-state index contributed by atoms with van der Waals surface area (Å²) in [5.74, 6) is -1.66. The van der Waals surface area contributed by atoms with E-state index in [2.05, 4.69) is 0 Å². The van der Waals surface area contributed by atoms with Gasteiger partial charge >= 0.3 is 11.9 Å². The molecule has 27 heavy (non-hydrogen) atoms. The third kappa shape index (κ3) is 4.24. The molecule has 0 amide bonds. The van der Waals surface area contributed by atoms with Crippen LogP contribution in [-0.4, -0.2) is 39.2 Å². The maximum Gasteiger partial charge on any atom is 0.340 e. The summed E-state index contributed by atoms with van der Waals surface area (Å²) in [6.07, 6.45) is 0. The molecule has 7 heteroatoms. The molecular formula is C20H26N2O5. The molecule has 1 aromatic rings. The third-order valence-electron chi connectivity index (χ3n) is 4.22. The Kier molecular flexibility index (Phi) is 6.50. The summed E-state index contributed by atoms with van der Waals surface area (Å²) in [4.78, 5) is 27.1. The van der Waals surface area contributed by atoms with Gasteiger partial charge in [0.15, 0.2) is 0 Å². The number of carbonyl (C=O) groups excluding carboxylic acids is 2. The van der Waals surface area contributed by atoms with Gasteiger partial charge in [0.25, 0.3) is 0 Å². The van der Waals surface area contributed by atoms with Crippen molar-refractivity contribution in [3.05, 3.63) is 52.6 Å². The van der Waals surface area contributed by atoms with E-state index in [0.717, 1.165) is 11.3 Å². The van der Waals surface area contributed by atoms with Crippen LogP contribution < -0.4 is 10.6 Å². The zero-order valence-corrected chi connectivity index (χ0v) is 16.4. The standard InChI is InChI=1S/C20H26N2O5/c1-6-25-19(23)15-12(3)27-18(21)17(20(24)26-7-2)16(15)13-8-10-14(11-9-13)22(4)5/h8-11,16H,6-7,21H2,1-5H3. The topological polar surface area (TPSA) is 91.1 Å². The lowest BCUT2D eigenvalue weighted by Gasteiger charge is -2.29. The first-order valence-electron chi connectivity index (χ1n) is 8.81. The Labute approximate surface area is 159 Å². The molecule has 0 radical (unpaired) electrons. The minimum atomic E-state index is -0.729. The molecule has 0 fully saturated rings. The van der Waals surface area contributed by atoms with Crippen molar-refractivity contribution in [2.45, 2.75) is 26.7 Å². The Hall–Kier alpha value is -2.96. The van der Waals surface area contributed by atoms with E-state index in [9.17, 15) is 9.59 Å². The van der Waals surface area contributed by atoms with E-state index < -0.39 is 17.9 Å². The highest BCUT2D eigenvalue weighted by Gasteiger charge is 2.39. The Morgan fingerprint density at radius 2 is 1.56 bits per heavy atom. The van der Waals surface area contributed by atoms with Crippen molar-refractivity contribution >= 4 is 17.6 Å². The minimum absolute atomic E-state index is 0.0688. The number of ether oxygens (including phenoxy) is 3. The minimum Gasteiger partial charge on any atom is -0.463 e. The van der Waals surface area contributed by atoms with Crippen LogP contribution in [0.3, 0.4) is 0 Å². The highest BCUT2D eigenvalue weighted by atomic mass is 16.5. The fourth-order valence-corrected chi connectivity index (χ4v) is 2.96. The van der Waals surface area contributed by atoms with Crippen LogP contribution in [0.25, 0.3) is 0 Å². The van der Waals surface area contributed by atoms with Gasteiger partial charge < -0.3 is 24.8 Å². The molecule has 0 aliphatic carbocycles. The Morgan fingerprint density at radius 1 is 1.04 bits per heavy atom. The number of anilines is 1. The summed E-state index contributed by atoms with van der Waals surface area (Å²) in [5, 5.41) is 0. The van der Waals surface area contributed by atoms with Crippen LogP contribution in [0.2, 0.25) is 0 Å². The smallest absolute Gasteiger partial charge is 0.340 e. The van der Waals surface area contributed by atoms with E-state index in [1.165, 1.54) is 0 Å². The van der Waals surface area contributed by atoms with Gasteiger partial charge in [-0.25, -0.2) is 9.59 Å². The van der Waals surface area contributed by atoms with Gasteiger partial charge in [-0.15, -0.1) is 0 Å². The van der Waals surface area contributed by atoms with Crippen molar-refractivity contribution in [2.75, 3.05) is 32.2 Å². The summed E-state index contributed by atoms with van der Waals surface area (Å²) < 4.78 is 15.8. The first-order chi connectivity index (χ1) is 12.8. The number of allylic oxidation sites excluding steroid dienone is 1. The van der Waals surface area contributed by atoms with Crippen LogP contribution in [0.15, 0.2) is 47.1 Å². The van der Waals surface area contributed by atoms with E-state index in [-0.39, 0.29) is 30.2 Å². The van der Waals surface area contributed by atoms with Gasteiger partial charge in [0, 0.05) is 19.8 Å². The van der Waals surface area contributed by atoms with Gasteiger partial charge in [0.05, 0.1) is 24.7 Å². The molecule has 1 aliphatic heterocycles. The first kappa shape index (κ1) is 20.4. The highest BCUT2D eigenvalue weighted by molar-refractivity contribution is 5.99. The summed E-state index contributed by atoms with van der Waals surface area (Å²) in [7, 11) is 3.86.